The van der Waals surface area contributed by atoms with Gasteiger partial charge in [-0.15, -0.1) is 0 Å². The van der Waals surface area contributed by atoms with E-state index in [4.69, 9.17) is 0 Å². The molecule has 1 heterocycles. The van der Waals surface area contributed by atoms with Gasteiger partial charge in [0.25, 0.3) is 0 Å². The minimum atomic E-state index is -3.70. The number of fused-ring (bicyclic) bond motifs is 1. The number of aromatic carboxylic acids is 1. The summed E-state index contributed by atoms with van der Waals surface area (Å²) in [5, 5.41) is 12.0. The van der Waals surface area contributed by atoms with Gasteiger partial charge in [-0.3, -0.25) is 9.36 Å². The first kappa shape index (κ1) is 21.0. The van der Waals surface area contributed by atoms with Crippen molar-refractivity contribution in [2.75, 3.05) is 5.32 Å². The van der Waals surface area contributed by atoms with Crippen molar-refractivity contribution in [3.05, 3.63) is 101 Å². The third-order valence-corrected chi connectivity index (χ3v) is 6.62. The molecule has 0 unspecified atom stereocenters. The van der Waals surface area contributed by atoms with Crippen LogP contribution in [0.25, 0.3) is 10.9 Å². The van der Waals surface area contributed by atoms with Crippen molar-refractivity contribution in [3.8, 4) is 0 Å². The fourth-order valence-electron chi connectivity index (χ4n) is 3.24. The normalized spacial score (nSPS) is 11.2. The summed E-state index contributed by atoms with van der Waals surface area (Å²) in [7, 11) is -3.70. The number of nitrogens with zero attached hydrogens (tertiary/aromatic N) is 1. The summed E-state index contributed by atoms with van der Waals surface area (Å²) in [4.78, 5) is 36.9. The van der Waals surface area contributed by atoms with Gasteiger partial charge < -0.3 is 10.4 Å². The SMILES string of the molecule is O=C(O)c1cn(C(=O)Nc2ccc(S(=O)(=O)c3ccccc3)cc2)c2ccccc2c1=O. The Labute approximate surface area is 182 Å². The number of hydrogen-bond acceptors (Lipinski definition) is 5. The van der Waals surface area contributed by atoms with E-state index < -0.39 is 32.8 Å². The number of sulfone groups is 1. The quantitative estimate of drug-likeness (QED) is 0.492. The molecular weight excluding hydrogens is 432 g/mol. The van der Waals surface area contributed by atoms with Gasteiger partial charge in [0, 0.05) is 17.3 Å². The molecule has 0 spiro atoms. The Bertz CT molecular complexity index is 1510. The predicted molar refractivity (Wildman–Crippen MR) is 118 cm³/mol. The Morgan fingerprint density at radius 1 is 0.812 bits per heavy atom. The summed E-state index contributed by atoms with van der Waals surface area (Å²) in [5.41, 5.74) is -0.694. The highest BCUT2D eigenvalue weighted by atomic mass is 32.2. The average Bonchev–Trinajstić information content (AvgIpc) is 2.80. The molecule has 9 heteroatoms. The molecule has 0 saturated carbocycles. The topological polar surface area (TPSA) is 123 Å². The fraction of sp³-hybridized carbons (Fsp3) is 0. The molecule has 4 aromatic rings. The molecule has 8 nitrogen and oxygen atoms in total. The first-order valence-electron chi connectivity index (χ1n) is 9.38. The molecule has 0 fully saturated rings. The van der Waals surface area contributed by atoms with Gasteiger partial charge in [0.05, 0.1) is 15.3 Å². The highest BCUT2D eigenvalue weighted by molar-refractivity contribution is 7.91. The number of rotatable bonds is 4. The van der Waals surface area contributed by atoms with Gasteiger partial charge in [-0.1, -0.05) is 30.3 Å². The zero-order chi connectivity index (χ0) is 22.9. The smallest absolute Gasteiger partial charge is 0.341 e. The molecule has 0 bridgehead atoms. The van der Waals surface area contributed by atoms with Crippen molar-refractivity contribution < 1.29 is 23.1 Å². The van der Waals surface area contributed by atoms with Gasteiger partial charge >= 0.3 is 12.0 Å². The van der Waals surface area contributed by atoms with Crippen molar-refractivity contribution in [2.24, 2.45) is 0 Å². The van der Waals surface area contributed by atoms with E-state index in [0.717, 1.165) is 10.8 Å². The van der Waals surface area contributed by atoms with Crippen LogP contribution in [-0.2, 0) is 9.84 Å². The fourth-order valence-corrected chi connectivity index (χ4v) is 4.52. The van der Waals surface area contributed by atoms with Crippen LogP contribution in [0.3, 0.4) is 0 Å². The second-order valence-corrected chi connectivity index (χ2v) is 8.78. The zero-order valence-electron chi connectivity index (χ0n) is 16.4. The lowest BCUT2D eigenvalue weighted by atomic mass is 10.1. The van der Waals surface area contributed by atoms with Crippen molar-refractivity contribution in [2.45, 2.75) is 9.79 Å². The molecule has 32 heavy (non-hydrogen) atoms. The molecule has 3 aromatic carbocycles. The molecule has 2 N–H and O–H groups in total. The van der Waals surface area contributed by atoms with Crippen LogP contribution in [-0.4, -0.2) is 30.1 Å². The van der Waals surface area contributed by atoms with Crippen LogP contribution in [0.15, 0.2) is 99.6 Å². The van der Waals surface area contributed by atoms with Crippen LogP contribution in [0, 0.1) is 0 Å². The Hall–Kier alpha value is -4.24. The maximum Gasteiger partial charge on any atom is 0.341 e. The maximum absolute atomic E-state index is 12.9. The second kappa shape index (κ2) is 8.12. The number of carboxylic acids is 1. The lowest BCUT2D eigenvalue weighted by molar-refractivity contribution is 0.0695. The number of aromatic nitrogens is 1. The van der Waals surface area contributed by atoms with E-state index in [2.05, 4.69) is 5.32 Å². The van der Waals surface area contributed by atoms with Crippen molar-refractivity contribution in [1.29, 1.82) is 0 Å². The number of carbonyl (C=O) groups is 2. The van der Waals surface area contributed by atoms with Crippen molar-refractivity contribution >= 4 is 38.4 Å². The van der Waals surface area contributed by atoms with Crippen LogP contribution < -0.4 is 10.7 Å². The van der Waals surface area contributed by atoms with Crippen LogP contribution in [0.2, 0.25) is 0 Å². The molecule has 0 saturated heterocycles. The van der Waals surface area contributed by atoms with Gasteiger partial charge in [0.2, 0.25) is 15.3 Å². The maximum atomic E-state index is 12.9. The summed E-state index contributed by atoms with van der Waals surface area (Å²) in [5.74, 6) is -1.45. The highest BCUT2D eigenvalue weighted by Crippen LogP contribution is 2.22. The van der Waals surface area contributed by atoms with Crippen LogP contribution in [0.1, 0.15) is 10.4 Å². The minimum Gasteiger partial charge on any atom is -0.477 e. The molecule has 160 valence electrons. The predicted octanol–water partition coefficient (Wildman–Crippen LogP) is 3.61. The summed E-state index contributed by atoms with van der Waals surface area (Å²) >= 11 is 0. The van der Waals surface area contributed by atoms with E-state index in [-0.39, 0.29) is 20.7 Å². The Kier molecular flexibility index (Phi) is 5.33. The van der Waals surface area contributed by atoms with E-state index in [1.165, 1.54) is 48.5 Å². The molecular formula is C23H16N2O6S. The molecule has 0 aliphatic rings. The van der Waals surface area contributed by atoms with E-state index in [0.29, 0.717) is 5.69 Å². The van der Waals surface area contributed by atoms with Crippen LogP contribution >= 0.6 is 0 Å². The number of benzene rings is 3. The Morgan fingerprint density at radius 3 is 2.06 bits per heavy atom. The number of carboxylic acid groups (broad SMARTS) is 1. The number of anilines is 1. The van der Waals surface area contributed by atoms with Crippen molar-refractivity contribution in [1.82, 2.24) is 4.57 Å². The van der Waals surface area contributed by atoms with E-state index >= 15 is 0 Å². The molecule has 0 aliphatic heterocycles. The number of para-hydroxylation sites is 1. The first-order valence-corrected chi connectivity index (χ1v) is 10.9. The largest absolute Gasteiger partial charge is 0.477 e. The molecule has 4 rings (SSSR count). The molecule has 0 aliphatic carbocycles. The first-order chi connectivity index (χ1) is 15.3. The molecule has 1 amide bonds. The lowest BCUT2D eigenvalue weighted by Gasteiger charge is -2.12. The third-order valence-electron chi connectivity index (χ3n) is 4.83. The van der Waals surface area contributed by atoms with Gasteiger partial charge in [0.1, 0.15) is 5.56 Å². The van der Waals surface area contributed by atoms with Gasteiger partial charge in [0.15, 0.2) is 0 Å². The van der Waals surface area contributed by atoms with Gasteiger partial charge in [-0.2, -0.15) is 0 Å². The van der Waals surface area contributed by atoms with Crippen LogP contribution in [0.5, 0.6) is 0 Å². The van der Waals surface area contributed by atoms with E-state index in [1.807, 2.05) is 0 Å². The second-order valence-electron chi connectivity index (χ2n) is 6.84. The van der Waals surface area contributed by atoms with E-state index in [1.54, 1.807) is 30.3 Å². The number of pyridine rings is 1. The monoisotopic (exact) mass is 448 g/mol. The lowest BCUT2D eigenvalue weighted by Crippen LogP contribution is -2.25. The number of carbonyl (C=O) groups excluding carboxylic acids is 1. The van der Waals surface area contributed by atoms with Gasteiger partial charge in [-0.25, -0.2) is 18.0 Å². The summed E-state index contributed by atoms with van der Waals surface area (Å²) in [6.45, 7) is 0. The van der Waals surface area contributed by atoms with Crippen molar-refractivity contribution in [3.63, 3.8) is 0 Å². The number of amides is 1. The Morgan fingerprint density at radius 2 is 1.41 bits per heavy atom. The molecule has 0 radical (unpaired) electrons. The summed E-state index contributed by atoms with van der Waals surface area (Å²) < 4.78 is 26.4. The van der Waals surface area contributed by atoms with Gasteiger partial charge in [-0.05, 0) is 48.5 Å². The Balaban J connectivity index is 1.67. The zero-order valence-corrected chi connectivity index (χ0v) is 17.2. The molecule has 0 atom stereocenters. The standard InChI is InChI=1S/C23H16N2O6S/c26-21-18-8-4-5-9-20(18)25(14-19(21)22(27)28)23(29)24-15-10-12-17(13-11-15)32(30,31)16-6-2-1-3-7-16/h1-14H,(H,24,29)(H,27,28). The highest BCUT2D eigenvalue weighted by Gasteiger charge is 2.19. The minimum absolute atomic E-state index is 0.0590. The summed E-state index contributed by atoms with van der Waals surface area (Å²) in [6.07, 6.45) is 0.969. The van der Waals surface area contributed by atoms with E-state index in [9.17, 15) is 27.9 Å². The molecule has 1 aromatic heterocycles. The third kappa shape index (κ3) is 3.77. The number of nitrogens with one attached hydrogen (secondary N) is 1. The van der Waals surface area contributed by atoms with Crippen LogP contribution in [0.4, 0.5) is 10.5 Å². The summed E-state index contributed by atoms with van der Waals surface area (Å²) in [6, 6.07) is 19.0. The average molecular weight is 448 g/mol. The number of hydrogen-bond donors (Lipinski definition) is 2.